The van der Waals surface area contributed by atoms with E-state index in [-0.39, 0.29) is 17.0 Å². The highest BCUT2D eigenvalue weighted by Gasteiger charge is 2.12. The summed E-state index contributed by atoms with van der Waals surface area (Å²) >= 11 is 6.92. The smallest absolute Gasteiger partial charge is 0.270 e. The Morgan fingerprint density at radius 2 is 2.31 bits per heavy atom. The highest BCUT2D eigenvalue weighted by atomic mass is 35.5. The summed E-state index contributed by atoms with van der Waals surface area (Å²) in [4.78, 5) is 19.8. The molecule has 2 aromatic rings. The Kier molecular flexibility index (Phi) is 3.02. The summed E-state index contributed by atoms with van der Waals surface area (Å²) in [5, 5.41) is 4.52. The number of nitrogens with one attached hydrogen (secondary N) is 1. The zero-order valence-corrected chi connectivity index (χ0v) is 9.55. The largest absolute Gasteiger partial charge is 0.397 e. The first-order valence-corrected chi connectivity index (χ1v) is 5.55. The number of nitrogens with zero attached hydrogens (tertiary/aromatic N) is 2. The van der Waals surface area contributed by atoms with E-state index >= 15 is 0 Å². The molecule has 5 nitrogen and oxygen atoms in total. The Morgan fingerprint density at radius 3 is 2.94 bits per heavy atom. The van der Waals surface area contributed by atoms with Crippen LogP contribution in [0, 0.1) is 0 Å². The monoisotopic (exact) mass is 254 g/mol. The number of hydrogen-bond acceptors (Lipinski definition) is 5. The van der Waals surface area contributed by atoms with Crippen LogP contribution in [0.15, 0.2) is 23.7 Å². The second-order valence-electron chi connectivity index (χ2n) is 2.86. The normalized spacial score (nSPS) is 10.1. The Balaban J connectivity index is 2.17. The molecule has 0 aliphatic carbocycles. The molecule has 0 aliphatic rings. The number of aromatic nitrogens is 2. The quantitative estimate of drug-likeness (QED) is 0.804. The lowest BCUT2D eigenvalue weighted by Gasteiger charge is -2.02. The maximum Gasteiger partial charge on any atom is 0.270 e. The summed E-state index contributed by atoms with van der Waals surface area (Å²) in [5.74, 6) is -0.180. The summed E-state index contributed by atoms with van der Waals surface area (Å²) in [6, 6.07) is 3.19. The lowest BCUT2D eigenvalue weighted by molar-refractivity contribution is 0.103. The van der Waals surface area contributed by atoms with Crippen molar-refractivity contribution in [3.05, 3.63) is 33.7 Å². The fourth-order valence-electron chi connectivity index (χ4n) is 1.06. The van der Waals surface area contributed by atoms with Gasteiger partial charge in [-0.15, -0.1) is 11.3 Å². The Morgan fingerprint density at radius 1 is 1.50 bits per heavy atom. The minimum Gasteiger partial charge on any atom is -0.397 e. The number of anilines is 2. The van der Waals surface area contributed by atoms with Gasteiger partial charge in [-0.05, 0) is 17.5 Å². The molecular formula is C9H7ClN4OS. The molecule has 0 spiro atoms. The van der Waals surface area contributed by atoms with Crippen LogP contribution in [-0.4, -0.2) is 15.9 Å². The van der Waals surface area contributed by atoms with Crippen molar-refractivity contribution >= 4 is 40.5 Å². The van der Waals surface area contributed by atoms with Crippen LogP contribution in [0.5, 0.6) is 0 Å². The Labute approximate surface area is 100 Å². The third-order valence-corrected chi connectivity index (χ3v) is 2.89. The molecule has 0 bridgehead atoms. The topological polar surface area (TPSA) is 80.9 Å². The van der Waals surface area contributed by atoms with Gasteiger partial charge in [0.15, 0.2) is 0 Å². The number of carbonyl (C=O) groups is 1. The predicted octanol–water partition coefficient (Wildman–Crippen LogP) is 2.03. The first-order valence-electron chi connectivity index (χ1n) is 4.29. The maximum absolute atomic E-state index is 11.7. The Hall–Kier alpha value is -1.66. The number of amides is 1. The van der Waals surface area contributed by atoms with Crippen molar-refractivity contribution in [2.24, 2.45) is 0 Å². The van der Waals surface area contributed by atoms with E-state index in [0.717, 1.165) is 0 Å². The van der Waals surface area contributed by atoms with Gasteiger partial charge in [-0.3, -0.25) is 10.1 Å². The number of hydrogen-bond donors (Lipinski definition) is 2. The number of nitrogen functional groups attached to an aromatic ring is 1. The molecule has 2 heterocycles. The van der Waals surface area contributed by atoms with Crippen LogP contribution < -0.4 is 11.1 Å². The fourth-order valence-corrected chi connectivity index (χ4v) is 1.91. The van der Waals surface area contributed by atoms with Gasteiger partial charge in [0.05, 0.1) is 5.69 Å². The van der Waals surface area contributed by atoms with Gasteiger partial charge in [0.1, 0.15) is 10.0 Å². The molecule has 3 N–H and O–H groups in total. The lowest BCUT2D eigenvalue weighted by Crippen LogP contribution is -2.14. The zero-order valence-electron chi connectivity index (χ0n) is 7.98. The van der Waals surface area contributed by atoms with Gasteiger partial charge in [0.2, 0.25) is 5.95 Å². The van der Waals surface area contributed by atoms with Crippen molar-refractivity contribution < 1.29 is 4.79 Å². The predicted molar refractivity (Wildman–Crippen MR) is 63.7 cm³/mol. The van der Waals surface area contributed by atoms with Gasteiger partial charge in [-0.1, -0.05) is 11.6 Å². The molecule has 0 unspecified atom stereocenters. The number of nitrogens with two attached hydrogens (primary N) is 1. The average Bonchev–Trinajstić information content (AvgIpc) is 2.64. The second-order valence-corrected chi connectivity index (χ2v) is 4.17. The molecular weight excluding hydrogens is 248 g/mol. The second kappa shape index (κ2) is 4.46. The highest BCUT2D eigenvalue weighted by Crippen LogP contribution is 2.19. The van der Waals surface area contributed by atoms with Crippen molar-refractivity contribution in [1.82, 2.24) is 9.97 Å². The van der Waals surface area contributed by atoms with Gasteiger partial charge >= 0.3 is 0 Å². The Bertz CT molecular complexity index is 528. The van der Waals surface area contributed by atoms with E-state index in [1.807, 2.05) is 0 Å². The SMILES string of the molecule is Nc1ccsc1C(=O)Nc1nccc(Cl)n1. The van der Waals surface area contributed by atoms with Gasteiger partial charge in [-0.25, -0.2) is 9.97 Å². The summed E-state index contributed by atoms with van der Waals surface area (Å²) in [6.45, 7) is 0. The highest BCUT2D eigenvalue weighted by molar-refractivity contribution is 7.12. The number of thiophene rings is 1. The van der Waals surface area contributed by atoms with Gasteiger partial charge in [0, 0.05) is 6.20 Å². The molecule has 0 saturated heterocycles. The number of carbonyl (C=O) groups excluding carboxylic acids is 1. The van der Waals surface area contributed by atoms with Crippen LogP contribution in [0.2, 0.25) is 5.15 Å². The van der Waals surface area contributed by atoms with E-state index in [4.69, 9.17) is 17.3 Å². The molecule has 7 heteroatoms. The molecule has 0 aromatic carbocycles. The molecule has 0 aliphatic heterocycles. The van der Waals surface area contributed by atoms with E-state index < -0.39 is 0 Å². The first-order chi connectivity index (χ1) is 7.66. The van der Waals surface area contributed by atoms with Crippen LogP contribution in [0.25, 0.3) is 0 Å². The summed E-state index contributed by atoms with van der Waals surface area (Å²) in [7, 11) is 0. The lowest BCUT2D eigenvalue weighted by atomic mass is 10.4. The standard InChI is InChI=1S/C9H7ClN4OS/c10-6-1-3-12-9(13-6)14-8(15)7-5(11)2-4-16-7/h1-4H,11H2,(H,12,13,14,15). The summed E-state index contributed by atoms with van der Waals surface area (Å²) in [6.07, 6.45) is 1.46. The van der Waals surface area contributed by atoms with Gasteiger partial charge in [0.25, 0.3) is 5.91 Å². The van der Waals surface area contributed by atoms with Crippen molar-refractivity contribution in [1.29, 1.82) is 0 Å². The van der Waals surface area contributed by atoms with Crippen molar-refractivity contribution in [2.75, 3.05) is 11.1 Å². The fraction of sp³-hybridized carbons (Fsp3) is 0. The van der Waals surface area contributed by atoms with Crippen LogP contribution in [0.4, 0.5) is 11.6 Å². The van der Waals surface area contributed by atoms with E-state index in [2.05, 4.69) is 15.3 Å². The molecule has 0 radical (unpaired) electrons. The summed E-state index contributed by atoms with van der Waals surface area (Å²) in [5.41, 5.74) is 6.04. The van der Waals surface area contributed by atoms with Crippen LogP contribution in [0.3, 0.4) is 0 Å². The molecule has 0 fully saturated rings. The maximum atomic E-state index is 11.7. The van der Waals surface area contributed by atoms with Crippen molar-refractivity contribution in [3.63, 3.8) is 0 Å². The molecule has 2 aromatic heterocycles. The minimum atomic E-state index is -0.338. The molecule has 2 rings (SSSR count). The third kappa shape index (κ3) is 2.29. The van der Waals surface area contributed by atoms with Crippen molar-refractivity contribution in [2.45, 2.75) is 0 Å². The van der Waals surface area contributed by atoms with Crippen molar-refractivity contribution in [3.8, 4) is 0 Å². The van der Waals surface area contributed by atoms with Crippen LogP contribution in [0.1, 0.15) is 9.67 Å². The molecule has 16 heavy (non-hydrogen) atoms. The van der Waals surface area contributed by atoms with E-state index in [0.29, 0.717) is 10.6 Å². The van der Waals surface area contributed by atoms with Crippen LogP contribution >= 0.6 is 22.9 Å². The van der Waals surface area contributed by atoms with E-state index in [1.165, 1.54) is 23.6 Å². The van der Waals surface area contributed by atoms with Crippen LogP contribution in [-0.2, 0) is 0 Å². The average molecular weight is 255 g/mol. The third-order valence-electron chi connectivity index (χ3n) is 1.75. The van der Waals surface area contributed by atoms with Gasteiger partial charge < -0.3 is 5.73 Å². The minimum absolute atomic E-state index is 0.158. The molecule has 0 saturated carbocycles. The zero-order chi connectivity index (χ0) is 11.5. The van der Waals surface area contributed by atoms with E-state index in [1.54, 1.807) is 11.4 Å². The van der Waals surface area contributed by atoms with Gasteiger partial charge in [-0.2, -0.15) is 0 Å². The number of rotatable bonds is 2. The molecule has 82 valence electrons. The number of halogens is 1. The summed E-state index contributed by atoms with van der Waals surface area (Å²) < 4.78 is 0. The molecule has 0 atom stereocenters. The first kappa shape index (κ1) is 10.8. The van der Waals surface area contributed by atoms with E-state index in [9.17, 15) is 4.79 Å². The molecule has 1 amide bonds.